The largest absolute Gasteiger partial charge is 0.322 e. The van der Waals surface area contributed by atoms with Gasteiger partial charge in [-0.15, -0.1) is 0 Å². The predicted octanol–water partition coefficient (Wildman–Crippen LogP) is 2.87. The maximum Gasteiger partial charge on any atom is 0.251 e. The Kier molecular flexibility index (Phi) is 4.19. The van der Waals surface area contributed by atoms with Crippen molar-refractivity contribution >= 4 is 27.5 Å². The molecule has 1 aromatic rings. The van der Waals surface area contributed by atoms with Gasteiger partial charge in [0.15, 0.2) is 0 Å². The van der Waals surface area contributed by atoms with E-state index in [1.165, 1.54) is 5.57 Å². The Balaban J connectivity index is 2.16. The van der Waals surface area contributed by atoms with Gasteiger partial charge in [-0.3, -0.25) is 4.79 Å². The van der Waals surface area contributed by atoms with Gasteiger partial charge in [-0.05, 0) is 42.7 Å². The molecule has 2 rings (SSSR count). The number of carbonyl (C=O) groups excluding carboxylic acids is 1. The van der Waals surface area contributed by atoms with Crippen LogP contribution in [0, 0.1) is 0 Å². The molecule has 2 N–H and O–H groups in total. The summed E-state index contributed by atoms with van der Waals surface area (Å²) in [5.41, 5.74) is 4.07. The van der Waals surface area contributed by atoms with E-state index in [0.29, 0.717) is 0 Å². The maximum absolute atomic E-state index is 12.1. The molecule has 1 saturated heterocycles. The van der Waals surface area contributed by atoms with Crippen LogP contribution in [0.15, 0.2) is 33.8 Å². The zero-order valence-electron chi connectivity index (χ0n) is 10.6. The van der Waals surface area contributed by atoms with Gasteiger partial charge in [-0.25, -0.2) is 0 Å². The fraction of sp³-hybridized carbons (Fsp3) is 0.357. The first-order valence-electron chi connectivity index (χ1n) is 6.11. The van der Waals surface area contributed by atoms with Crippen LogP contribution in [0.25, 0.3) is 0 Å². The van der Waals surface area contributed by atoms with E-state index < -0.39 is 0 Å². The normalized spacial score (nSPS) is 14.1. The van der Waals surface area contributed by atoms with Crippen molar-refractivity contribution in [1.82, 2.24) is 5.32 Å². The number of hydrogen-bond acceptors (Lipinski definition) is 2. The number of benzene rings is 1. The van der Waals surface area contributed by atoms with Crippen molar-refractivity contribution in [3.8, 4) is 0 Å². The lowest BCUT2D eigenvalue weighted by atomic mass is 10.0. The molecule has 0 aromatic heterocycles. The highest BCUT2D eigenvalue weighted by Crippen LogP contribution is 2.22. The minimum Gasteiger partial charge on any atom is -0.322 e. The van der Waals surface area contributed by atoms with E-state index in [2.05, 4.69) is 33.5 Å². The molecule has 18 heavy (non-hydrogen) atoms. The quantitative estimate of drug-likeness (QED) is 0.843. The molecule has 0 atom stereocenters. The van der Waals surface area contributed by atoms with E-state index in [-0.39, 0.29) is 5.91 Å². The maximum atomic E-state index is 12.1. The number of aryl methyl sites for hydroxylation is 1. The predicted molar refractivity (Wildman–Crippen MR) is 77.7 cm³/mol. The fourth-order valence-electron chi connectivity index (χ4n) is 1.87. The molecule has 3 nitrogen and oxygen atoms in total. The molecule has 1 fully saturated rings. The second-order valence-electron chi connectivity index (χ2n) is 4.44. The Hall–Kier alpha value is -1.13. The molecule has 1 aliphatic heterocycles. The summed E-state index contributed by atoms with van der Waals surface area (Å²) in [6, 6.07) is 5.93. The van der Waals surface area contributed by atoms with E-state index in [4.69, 9.17) is 0 Å². The van der Waals surface area contributed by atoms with Crippen LogP contribution in [0.4, 0.5) is 5.69 Å². The highest BCUT2D eigenvalue weighted by molar-refractivity contribution is 9.10. The van der Waals surface area contributed by atoms with Crippen molar-refractivity contribution in [2.75, 3.05) is 18.4 Å². The monoisotopic (exact) mass is 308 g/mol. The molecule has 0 unspecified atom stereocenters. The zero-order valence-corrected chi connectivity index (χ0v) is 12.2. The van der Waals surface area contributed by atoms with Crippen LogP contribution < -0.4 is 10.6 Å². The summed E-state index contributed by atoms with van der Waals surface area (Å²) in [6.07, 6.45) is 0.895. The molecule has 1 heterocycles. The average molecular weight is 309 g/mol. The molecule has 0 saturated carbocycles. The van der Waals surface area contributed by atoms with Gasteiger partial charge >= 0.3 is 0 Å². The van der Waals surface area contributed by atoms with Crippen molar-refractivity contribution in [3.05, 3.63) is 39.4 Å². The summed E-state index contributed by atoms with van der Waals surface area (Å²) in [6.45, 7) is 5.63. The van der Waals surface area contributed by atoms with Gasteiger partial charge < -0.3 is 10.6 Å². The van der Waals surface area contributed by atoms with E-state index in [9.17, 15) is 4.79 Å². The van der Waals surface area contributed by atoms with Gasteiger partial charge in [0.25, 0.3) is 5.91 Å². The number of halogens is 1. The molecule has 0 radical (unpaired) electrons. The lowest BCUT2D eigenvalue weighted by molar-refractivity contribution is -0.112. The summed E-state index contributed by atoms with van der Waals surface area (Å²) in [5.74, 6) is 0.00326. The van der Waals surface area contributed by atoms with E-state index in [0.717, 1.165) is 40.8 Å². The van der Waals surface area contributed by atoms with Gasteiger partial charge in [0.05, 0.1) is 0 Å². The van der Waals surface area contributed by atoms with Gasteiger partial charge in [0, 0.05) is 28.8 Å². The molecule has 0 bridgehead atoms. The molecule has 1 amide bonds. The molecule has 96 valence electrons. The number of anilines is 1. The Morgan fingerprint density at radius 3 is 2.72 bits per heavy atom. The summed E-state index contributed by atoms with van der Waals surface area (Å²) < 4.78 is 1.04. The third-order valence-corrected chi connectivity index (χ3v) is 3.74. The third-order valence-electron chi connectivity index (χ3n) is 3.24. The van der Waals surface area contributed by atoms with E-state index >= 15 is 0 Å². The minimum absolute atomic E-state index is 0.00326. The first kappa shape index (κ1) is 13.3. The zero-order chi connectivity index (χ0) is 13.1. The van der Waals surface area contributed by atoms with Crippen LogP contribution in [-0.4, -0.2) is 19.0 Å². The second-order valence-corrected chi connectivity index (χ2v) is 5.36. The Bertz CT molecular complexity index is 503. The third kappa shape index (κ3) is 2.82. The van der Waals surface area contributed by atoms with Crippen LogP contribution in [-0.2, 0) is 11.2 Å². The minimum atomic E-state index is 0.00326. The first-order valence-corrected chi connectivity index (χ1v) is 6.90. The number of hydrogen-bond donors (Lipinski definition) is 2. The topological polar surface area (TPSA) is 41.1 Å². The lowest BCUT2D eigenvalue weighted by Gasteiger charge is -2.21. The van der Waals surface area contributed by atoms with Crippen molar-refractivity contribution < 1.29 is 4.79 Å². The van der Waals surface area contributed by atoms with Crippen molar-refractivity contribution in [1.29, 1.82) is 0 Å². The molecular formula is C14H17BrN2O. The summed E-state index contributed by atoms with van der Waals surface area (Å²) >= 11 is 3.45. The standard InChI is InChI=1S/C14H17BrN2O/c1-3-10-6-12(15)4-5-13(10)17-14(18)9(2)11-7-16-8-11/h4-6,16H,3,7-8H2,1-2H3,(H,17,18). The smallest absolute Gasteiger partial charge is 0.251 e. The van der Waals surface area contributed by atoms with Crippen molar-refractivity contribution in [3.63, 3.8) is 0 Å². The number of carbonyl (C=O) groups is 1. The summed E-state index contributed by atoms with van der Waals surface area (Å²) in [4.78, 5) is 12.1. The number of nitrogens with one attached hydrogen (secondary N) is 2. The van der Waals surface area contributed by atoms with Gasteiger partial charge in [-0.2, -0.15) is 0 Å². The highest BCUT2D eigenvalue weighted by atomic mass is 79.9. The average Bonchev–Trinajstić information content (AvgIpc) is 2.29. The first-order chi connectivity index (χ1) is 8.61. The van der Waals surface area contributed by atoms with Gasteiger partial charge in [-0.1, -0.05) is 22.9 Å². The van der Waals surface area contributed by atoms with Crippen LogP contribution in [0.2, 0.25) is 0 Å². The lowest BCUT2D eigenvalue weighted by Crippen LogP contribution is -2.36. The SMILES string of the molecule is CCc1cc(Br)ccc1NC(=O)C(C)=C1CNC1. The van der Waals surface area contributed by atoms with E-state index in [1.54, 1.807) is 0 Å². The second kappa shape index (κ2) is 5.67. The van der Waals surface area contributed by atoms with E-state index in [1.807, 2.05) is 25.1 Å². The fourth-order valence-corrected chi connectivity index (χ4v) is 2.28. The number of amides is 1. The number of rotatable bonds is 3. The molecule has 4 heteroatoms. The van der Waals surface area contributed by atoms with Crippen LogP contribution >= 0.6 is 15.9 Å². The summed E-state index contributed by atoms with van der Waals surface area (Å²) in [5, 5.41) is 6.14. The Morgan fingerprint density at radius 1 is 1.44 bits per heavy atom. The van der Waals surface area contributed by atoms with Crippen LogP contribution in [0.5, 0.6) is 0 Å². The Morgan fingerprint density at radius 2 is 2.17 bits per heavy atom. The molecule has 1 aliphatic rings. The molecular weight excluding hydrogens is 292 g/mol. The molecule has 0 spiro atoms. The summed E-state index contributed by atoms with van der Waals surface area (Å²) in [7, 11) is 0. The van der Waals surface area contributed by atoms with Crippen molar-refractivity contribution in [2.24, 2.45) is 0 Å². The van der Waals surface area contributed by atoms with Gasteiger partial charge in [0.1, 0.15) is 0 Å². The van der Waals surface area contributed by atoms with Crippen molar-refractivity contribution in [2.45, 2.75) is 20.3 Å². The Labute approximate surface area is 116 Å². The van der Waals surface area contributed by atoms with Crippen LogP contribution in [0.1, 0.15) is 19.4 Å². The van der Waals surface area contributed by atoms with Gasteiger partial charge in [0.2, 0.25) is 0 Å². The molecule has 0 aliphatic carbocycles. The molecule has 1 aromatic carbocycles. The highest BCUT2D eigenvalue weighted by Gasteiger charge is 2.16. The van der Waals surface area contributed by atoms with Crippen LogP contribution in [0.3, 0.4) is 0 Å².